The van der Waals surface area contributed by atoms with Crippen LogP contribution in [0.15, 0.2) is 22.7 Å². The summed E-state index contributed by atoms with van der Waals surface area (Å²) in [7, 11) is 0. The van der Waals surface area contributed by atoms with Crippen molar-refractivity contribution < 1.29 is 9.32 Å². The summed E-state index contributed by atoms with van der Waals surface area (Å²) in [5.74, 6) is 0.904. The molecule has 0 aliphatic carbocycles. The largest absolute Gasteiger partial charge is 0.356 e. The lowest BCUT2D eigenvalue weighted by molar-refractivity contribution is -0.141. The maximum absolute atomic E-state index is 12.3. The normalized spacial score (nSPS) is 24.2. The summed E-state index contributed by atoms with van der Waals surface area (Å²) in [4.78, 5) is 17.0. The van der Waals surface area contributed by atoms with E-state index in [4.69, 9.17) is 10.3 Å². The molecule has 0 saturated carbocycles. The highest BCUT2D eigenvalue weighted by Crippen LogP contribution is 2.32. The molecule has 2 aliphatic heterocycles. The van der Waals surface area contributed by atoms with Crippen molar-refractivity contribution in [3.63, 3.8) is 0 Å². The van der Waals surface area contributed by atoms with Crippen LogP contribution in [-0.4, -0.2) is 53.1 Å². The van der Waals surface area contributed by atoms with Gasteiger partial charge in [-0.05, 0) is 56.3 Å². The van der Waals surface area contributed by atoms with Crippen molar-refractivity contribution in [3.8, 4) is 0 Å². The number of aromatic nitrogens is 1. The van der Waals surface area contributed by atoms with Crippen molar-refractivity contribution in [3.05, 3.63) is 29.5 Å². The third-order valence-corrected chi connectivity index (χ3v) is 5.95. The highest BCUT2D eigenvalue weighted by Gasteiger charge is 2.38. The molecule has 2 fully saturated rings. The smallest absolute Gasteiger partial charge is 0.222 e. The van der Waals surface area contributed by atoms with Crippen molar-refractivity contribution in [1.82, 2.24) is 15.0 Å². The highest BCUT2D eigenvalue weighted by molar-refractivity contribution is 5.80. The molecule has 2 N–H and O–H groups in total. The van der Waals surface area contributed by atoms with Crippen molar-refractivity contribution in [2.45, 2.75) is 45.2 Å². The molecule has 0 unspecified atom stereocenters. The van der Waals surface area contributed by atoms with Gasteiger partial charge in [-0.25, -0.2) is 0 Å². The highest BCUT2D eigenvalue weighted by atomic mass is 16.5. The van der Waals surface area contributed by atoms with Gasteiger partial charge < -0.3 is 15.2 Å². The predicted molar refractivity (Wildman–Crippen MR) is 101 cm³/mol. The van der Waals surface area contributed by atoms with E-state index in [1.165, 1.54) is 5.56 Å². The Morgan fingerprint density at radius 1 is 1.35 bits per heavy atom. The van der Waals surface area contributed by atoms with E-state index in [9.17, 15) is 4.79 Å². The molecule has 2 saturated heterocycles. The molecule has 1 aromatic heterocycles. The zero-order chi connectivity index (χ0) is 18.1. The first kappa shape index (κ1) is 17.5. The third-order valence-electron chi connectivity index (χ3n) is 5.95. The number of hydrogen-bond acceptors (Lipinski definition) is 5. The zero-order valence-electron chi connectivity index (χ0n) is 15.5. The Labute approximate surface area is 154 Å². The number of amides is 1. The molecular weight excluding hydrogens is 328 g/mol. The first-order chi connectivity index (χ1) is 12.7. The van der Waals surface area contributed by atoms with Gasteiger partial charge in [-0.15, -0.1) is 0 Å². The van der Waals surface area contributed by atoms with Gasteiger partial charge in [-0.2, -0.15) is 0 Å². The Kier molecular flexibility index (Phi) is 4.96. The first-order valence-electron chi connectivity index (χ1n) is 9.72. The van der Waals surface area contributed by atoms with Gasteiger partial charge in [0.1, 0.15) is 0 Å². The molecule has 4 rings (SSSR count). The molecule has 2 aliphatic rings. The van der Waals surface area contributed by atoms with Gasteiger partial charge in [0.2, 0.25) is 5.91 Å². The maximum Gasteiger partial charge on any atom is 0.222 e. The number of rotatable bonds is 5. The monoisotopic (exact) mass is 356 g/mol. The van der Waals surface area contributed by atoms with Crippen LogP contribution in [0.2, 0.25) is 0 Å². The molecule has 6 heteroatoms. The molecule has 0 radical (unpaired) electrons. The molecule has 1 amide bonds. The van der Waals surface area contributed by atoms with Crippen LogP contribution >= 0.6 is 0 Å². The number of nitrogens with zero attached hydrogens (tertiary/aromatic N) is 3. The fourth-order valence-electron chi connectivity index (χ4n) is 4.59. The Morgan fingerprint density at radius 2 is 2.23 bits per heavy atom. The lowest BCUT2D eigenvalue weighted by atomic mass is 9.83. The van der Waals surface area contributed by atoms with E-state index in [2.05, 4.69) is 27.1 Å². The van der Waals surface area contributed by atoms with E-state index in [0.717, 1.165) is 62.1 Å². The Bertz CT molecular complexity index is 787. The Hall–Kier alpha value is -1.92. The number of hydrogen-bond donors (Lipinski definition) is 1. The van der Waals surface area contributed by atoms with Gasteiger partial charge in [0.15, 0.2) is 5.58 Å². The summed E-state index contributed by atoms with van der Waals surface area (Å²) in [6.07, 6.45) is 3.67. The van der Waals surface area contributed by atoms with Gasteiger partial charge in [0, 0.05) is 44.0 Å². The summed E-state index contributed by atoms with van der Waals surface area (Å²) in [5, 5.41) is 5.15. The number of aryl methyl sites for hydroxylation is 1. The molecule has 2 atom stereocenters. The van der Waals surface area contributed by atoms with Crippen molar-refractivity contribution in [1.29, 1.82) is 0 Å². The van der Waals surface area contributed by atoms with Gasteiger partial charge in [0.25, 0.3) is 0 Å². The van der Waals surface area contributed by atoms with Gasteiger partial charge in [-0.1, -0.05) is 11.2 Å². The minimum Gasteiger partial charge on any atom is -0.356 e. The number of likely N-dealkylation sites (tertiary alicyclic amines) is 2. The molecule has 6 nitrogen and oxygen atoms in total. The molecule has 2 aromatic rings. The topological polar surface area (TPSA) is 75.6 Å². The number of piperidine rings is 2. The second-order valence-corrected chi connectivity index (χ2v) is 7.72. The molecule has 1 aromatic carbocycles. The molecule has 26 heavy (non-hydrogen) atoms. The minimum absolute atomic E-state index is 0.321. The quantitative estimate of drug-likeness (QED) is 0.890. The number of carbonyl (C=O) groups is 1. The summed E-state index contributed by atoms with van der Waals surface area (Å²) < 4.78 is 5.31. The standard InChI is InChI=1S/C20H28N4O2/c1-14-17-11-15(3-5-19(17)26-22-14)12-23-10-7-18-16(13-23)4-6-20(25)24(18)9-2-8-21/h3,5,11,16,18H,2,4,6-10,12-13,21H2,1H3/t16-,18+/m0/s1. The van der Waals surface area contributed by atoms with Crippen molar-refractivity contribution in [2.75, 3.05) is 26.2 Å². The number of benzene rings is 1. The van der Waals surface area contributed by atoms with E-state index < -0.39 is 0 Å². The van der Waals surface area contributed by atoms with Crippen LogP contribution in [0.1, 0.15) is 36.9 Å². The van der Waals surface area contributed by atoms with Gasteiger partial charge >= 0.3 is 0 Å². The lowest BCUT2D eigenvalue weighted by Gasteiger charge is -2.47. The SMILES string of the molecule is Cc1noc2ccc(CN3CC[C@@H]4[C@@H](CCC(=O)N4CCCN)C3)cc12. The van der Waals surface area contributed by atoms with E-state index >= 15 is 0 Å². The van der Waals surface area contributed by atoms with Crippen LogP contribution in [-0.2, 0) is 11.3 Å². The minimum atomic E-state index is 0.321. The second-order valence-electron chi connectivity index (χ2n) is 7.72. The maximum atomic E-state index is 12.3. The lowest BCUT2D eigenvalue weighted by Crippen LogP contribution is -2.56. The number of carbonyl (C=O) groups excluding carboxylic acids is 1. The average Bonchev–Trinajstić information content (AvgIpc) is 3.02. The van der Waals surface area contributed by atoms with Crippen LogP contribution in [0.4, 0.5) is 0 Å². The molecule has 140 valence electrons. The Morgan fingerprint density at radius 3 is 3.08 bits per heavy atom. The third kappa shape index (κ3) is 3.35. The van der Waals surface area contributed by atoms with E-state index in [1.54, 1.807) is 0 Å². The van der Waals surface area contributed by atoms with Crippen LogP contribution in [0.5, 0.6) is 0 Å². The summed E-state index contributed by atoms with van der Waals surface area (Å²) in [6.45, 7) is 6.50. The molecule has 3 heterocycles. The van der Waals surface area contributed by atoms with Crippen LogP contribution < -0.4 is 5.73 Å². The number of fused-ring (bicyclic) bond motifs is 2. The van der Waals surface area contributed by atoms with Crippen molar-refractivity contribution in [2.24, 2.45) is 11.7 Å². The average molecular weight is 356 g/mol. The molecular formula is C20H28N4O2. The fraction of sp³-hybridized carbons (Fsp3) is 0.600. The van der Waals surface area contributed by atoms with Gasteiger partial charge in [0.05, 0.1) is 5.69 Å². The first-order valence-corrected chi connectivity index (χ1v) is 9.72. The summed E-state index contributed by atoms with van der Waals surface area (Å²) in [6, 6.07) is 6.76. The summed E-state index contributed by atoms with van der Waals surface area (Å²) >= 11 is 0. The Balaban J connectivity index is 1.42. The van der Waals surface area contributed by atoms with Crippen LogP contribution in [0.25, 0.3) is 11.0 Å². The van der Waals surface area contributed by atoms with Gasteiger partial charge in [-0.3, -0.25) is 9.69 Å². The molecule has 0 spiro atoms. The van der Waals surface area contributed by atoms with E-state index in [-0.39, 0.29) is 0 Å². The van der Waals surface area contributed by atoms with Crippen LogP contribution in [0.3, 0.4) is 0 Å². The van der Waals surface area contributed by atoms with E-state index in [0.29, 0.717) is 30.8 Å². The predicted octanol–water partition coefficient (Wildman–Crippen LogP) is 2.30. The molecule has 0 bridgehead atoms. The fourth-order valence-corrected chi connectivity index (χ4v) is 4.59. The summed E-state index contributed by atoms with van der Waals surface area (Å²) in [5.41, 5.74) is 8.75. The zero-order valence-corrected chi connectivity index (χ0v) is 15.5. The van der Waals surface area contributed by atoms with Crippen molar-refractivity contribution >= 4 is 16.9 Å². The van der Waals surface area contributed by atoms with Crippen LogP contribution in [0, 0.1) is 12.8 Å². The number of nitrogens with two attached hydrogens (primary N) is 1. The van der Waals surface area contributed by atoms with E-state index in [1.807, 2.05) is 13.0 Å². The second kappa shape index (κ2) is 7.37.